The standard InChI is InChI=1S/C16H25N3O/c1-12(14-4-6-15(17)7-5-14)10-16(20)19-9-8-18(3)13(2)11-19/h4-7,12-13H,8-11,17H2,1-3H3. The largest absolute Gasteiger partial charge is 0.399 e. The van der Waals surface area contributed by atoms with Gasteiger partial charge < -0.3 is 15.5 Å². The Hall–Kier alpha value is -1.55. The fourth-order valence-corrected chi connectivity index (χ4v) is 2.61. The van der Waals surface area contributed by atoms with Crippen molar-refractivity contribution in [3.05, 3.63) is 29.8 Å². The Labute approximate surface area is 121 Å². The fourth-order valence-electron chi connectivity index (χ4n) is 2.61. The van der Waals surface area contributed by atoms with Crippen LogP contribution < -0.4 is 5.73 Å². The smallest absolute Gasteiger partial charge is 0.223 e. The van der Waals surface area contributed by atoms with Crippen LogP contribution in [0, 0.1) is 0 Å². The maximum atomic E-state index is 12.4. The summed E-state index contributed by atoms with van der Waals surface area (Å²) in [5.41, 5.74) is 7.63. The van der Waals surface area contributed by atoms with Crippen LogP contribution in [0.25, 0.3) is 0 Å². The number of benzene rings is 1. The molecular formula is C16H25N3O. The molecule has 2 unspecified atom stereocenters. The molecule has 0 radical (unpaired) electrons. The van der Waals surface area contributed by atoms with Gasteiger partial charge >= 0.3 is 0 Å². The quantitative estimate of drug-likeness (QED) is 0.858. The van der Waals surface area contributed by atoms with Gasteiger partial charge in [0.05, 0.1) is 0 Å². The normalized spacial score (nSPS) is 21.8. The Kier molecular flexibility index (Phi) is 4.65. The van der Waals surface area contributed by atoms with Crippen molar-refractivity contribution in [2.24, 2.45) is 0 Å². The van der Waals surface area contributed by atoms with Crippen molar-refractivity contribution in [1.29, 1.82) is 0 Å². The highest BCUT2D eigenvalue weighted by atomic mass is 16.2. The van der Waals surface area contributed by atoms with Gasteiger partial charge in [0, 0.05) is 37.8 Å². The van der Waals surface area contributed by atoms with Crippen LogP contribution in [0.5, 0.6) is 0 Å². The number of piperazine rings is 1. The van der Waals surface area contributed by atoms with Crippen LogP contribution in [-0.4, -0.2) is 48.4 Å². The molecule has 1 fully saturated rings. The summed E-state index contributed by atoms with van der Waals surface area (Å²) in [5, 5.41) is 0. The van der Waals surface area contributed by atoms with Gasteiger partial charge in [-0.25, -0.2) is 0 Å². The van der Waals surface area contributed by atoms with Crippen molar-refractivity contribution in [2.75, 3.05) is 32.4 Å². The Balaban J connectivity index is 1.92. The summed E-state index contributed by atoms with van der Waals surface area (Å²) >= 11 is 0. The third kappa shape index (κ3) is 3.51. The van der Waals surface area contributed by atoms with E-state index in [4.69, 9.17) is 5.73 Å². The van der Waals surface area contributed by atoms with Crippen LogP contribution in [0.3, 0.4) is 0 Å². The molecule has 2 atom stereocenters. The summed E-state index contributed by atoms with van der Waals surface area (Å²) in [7, 11) is 2.11. The molecule has 110 valence electrons. The molecule has 1 aromatic carbocycles. The van der Waals surface area contributed by atoms with Crippen LogP contribution >= 0.6 is 0 Å². The number of nitrogen functional groups attached to an aromatic ring is 1. The molecule has 1 aliphatic rings. The second-order valence-electron chi connectivity index (χ2n) is 5.94. The highest BCUT2D eigenvalue weighted by molar-refractivity contribution is 5.77. The minimum Gasteiger partial charge on any atom is -0.399 e. The minimum absolute atomic E-state index is 0.234. The first kappa shape index (κ1) is 14.9. The van der Waals surface area contributed by atoms with Crippen molar-refractivity contribution in [1.82, 2.24) is 9.80 Å². The zero-order chi connectivity index (χ0) is 14.7. The number of nitrogens with zero attached hydrogens (tertiary/aromatic N) is 2. The number of likely N-dealkylation sites (N-methyl/N-ethyl adjacent to an activating group) is 1. The molecule has 0 saturated carbocycles. The van der Waals surface area contributed by atoms with Gasteiger partial charge in [-0.2, -0.15) is 0 Å². The van der Waals surface area contributed by atoms with Gasteiger partial charge in [-0.3, -0.25) is 4.79 Å². The fraction of sp³-hybridized carbons (Fsp3) is 0.562. The van der Waals surface area contributed by atoms with Crippen LogP contribution in [0.4, 0.5) is 5.69 Å². The van der Waals surface area contributed by atoms with E-state index in [9.17, 15) is 4.79 Å². The molecule has 4 nitrogen and oxygen atoms in total. The van der Waals surface area contributed by atoms with Gasteiger partial charge in [-0.15, -0.1) is 0 Å². The summed E-state index contributed by atoms with van der Waals surface area (Å²) in [6.45, 7) is 6.91. The molecule has 0 aromatic heterocycles. The third-order valence-electron chi connectivity index (χ3n) is 4.30. The molecule has 20 heavy (non-hydrogen) atoms. The molecular weight excluding hydrogens is 250 g/mol. The molecule has 1 aromatic rings. The van der Waals surface area contributed by atoms with E-state index in [1.54, 1.807) is 0 Å². The van der Waals surface area contributed by atoms with Crippen LogP contribution in [0.15, 0.2) is 24.3 Å². The number of hydrogen-bond donors (Lipinski definition) is 1. The molecule has 0 bridgehead atoms. The lowest BCUT2D eigenvalue weighted by Crippen LogP contribution is -2.52. The average Bonchev–Trinajstić information content (AvgIpc) is 2.42. The van der Waals surface area contributed by atoms with Crippen LogP contribution in [0.1, 0.15) is 31.7 Å². The lowest BCUT2D eigenvalue weighted by Gasteiger charge is -2.38. The summed E-state index contributed by atoms with van der Waals surface area (Å²) in [5.74, 6) is 0.493. The zero-order valence-corrected chi connectivity index (χ0v) is 12.7. The molecule has 4 heteroatoms. The number of hydrogen-bond acceptors (Lipinski definition) is 3. The van der Waals surface area contributed by atoms with Gasteiger partial charge in [0.25, 0.3) is 0 Å². The van der Waals surface area contributed by atoms with Crippen LogP contribution in [0.2, 0.25) is 0 Å². The molecule has 1 saturated heterocycles. The van der Waals surface area contributed by atoms with Crippen LogP contribution in [-0.2, 0) is 4.79 Å². The van der Waals surface area contributed by atoms with Gasteiger partial charge in [-0.05, 0) is 37.6 Å². The highest BCUT2D eigenvalue weighted by Crippen LogP contribution is 2.21. The first-order valence-electron chi connectivity index (χ1n) is 7.31. The highest BCUT2D eigenvalue weighted by Gasteiger charge is 2.25. The van der Waals surface area contributed by atoms with E-state index in [-0.39, 0.29) is 11.8 Å². The summed E-state index contributed by atoms with van der Waals surface area (Å²) in [6.07, 6.45) is 0.570. The molecule has 2 rings (SSSR count). The van der Waals surface area contributed by atoms with Gasteiger partial charge in [0.15, 0.2) is 0 Å². The number of carbonyl (C=O) groups excluding carboxylic acids is 1. The zero-order valence-electron chi connectivity index (χ0n) is 12.7. The number of carbonyl (C=O) groups is 1. The lowest BCUT2D eigenvalue weighted by atomic mass is 9.96. The molecule has 1 amide bonds. The minimum atomic E-state index is 0.234. The van der Waals surface area contributed by atoms with Crippen molar-refractivity contribution < 1.29 is 4.79 Å². The van der Waals surface area contributed by atoms with E-state index in [1.807, 2.05) is 29.2 Å². The summed E-state index contributed by atoms with van der Waals surface area (Å²) in [6, 6.07) is 8.27. The lowest BCUT2D eigenvalue weighted by molar-refractivity contribution is -0.134. The second-order valence-corrected chi connectivity index (χ2v) is 5.94. The van der Waals surface area contributed by atoms with Crippen molar-refractivity contribution in [3.8, 4) is 0 Å². The number of nitrogens with two attached hydrogens (primary N) is 1. The average molecular weight is 275 g/mol. The van der Waals surface area contributed by atoms with Gasteiger partial charge in [0.2, 0.25) is 5.91 Å². The van der Waals surface area contributed by atoms with E-state index in [0.717, 1.165) is 25.3 Å². The number of anilines is 1. The SMILES string of the molecule is CC(CC(=O)N1CCN(C)C(C)C1)c1ccc(N)cc1. The Morgan fingerprint density at radius 1 is 1.35 bits per heavy atom. The van der Waals surface area contributed by atoms with E-state index in [0.29, 0.717) is 12.5 Å². The summed E-state index contributed by atoms with van der Waals surface area (Å²) in [4.78, 5) is 16.7. The van der Waals surface area contributed by atoms with Crippen molar-refractivity contribution in [3.63, 3.8) is 0 Å². The van der Waals surface area contributed by atoms with E-state index >= 15 is 0 Å². The van der Waals surface area contributed by atoms with Crippen molar-refractivity contribution >= 4 is 11.6 Å². The first-order chi connectivity index (χ1) is 9.47. The monoisotopic (exact) mass is 275 g/mol. The molecule has 0 aliphatic carbocycles. The number of amides is 1. The Bertz CT molecular complexity index is 457. The van der Waals surface area contributed by atoms with Gasteiger partial charge in [0.1, 0.15) is 0 Å². The number of rotatable bonds is 3. The van der Waals surface area contributed by atoms with Crippen molar-refractivity contribution in [2.45, 2.75) is 32.2 Å². The molecule has 2 N–H and O–H groups in total. The summed E-state index contributed by atoms with van der Waals surface area (Å²) < 4.78 is 0. The van der Waals surface area contributed by atoms with E-state index < -0.39 is 0 Å². The van der Waals surface area contributed by atoms with Gasteiger partial charge in [-0.1, -0.05) is 19.1 Å². The Morgan fingerprint density at radius 3 is 2.60 bits per heavy atom. The predicted octanol–water partition coefficient (Wildman–Crippen LogP) is 1.92. The maximum Gasteiger partial charge on any atom is 0.223 e. The topological polar surface area (TPSA) is 49.6 Å². The third-order valence-corrected chi connectivity index (χ3v) is 4.30. The van der Waals surface area contributed by atoms with E-state index in [2.05, 4.69) is 25.8 Å². The maximum absolute atomic E-state index is 12.4. The Morgan fingerprint density at radius 2 is 2.00 bits per heavy atom. The molecule has 1 aliphatic heterocycles. The second kappa shape index (κ2) is 6.27. The first-order valence-corrected chi connectivity index (χ1v) is 7.31. The predicted molar refractivity (Wildman–Crippen MR) is 82.6 cm³/mol. The molecule has 1 heterocycles. The molecule has 0 spiro atoms. The van der Waals surface area contributed by atoms with E-state index in [1.165, 1.54) is 5.56 Å².